The highest BCUT2D eigenvalue weighted by atomic mass is 32.2. The Morgan fingerprint density at radius 2 is 2.10 bits per heavy atom. The number of thioether (sulfide) groups is 1. The van der Waals surface area contributed by atoms with E-state index < -0.39 is 12.1 Å². The fourth-order valence-electron chi connectivity index (χ4n) is 3.00. The third-order valence-corrected chi connectivity index (χ3v) is 5.59. The normalized spacial score (nSPS) is 29.6. The molecule has 20 heavy (non-hydrogen) atoms. The maximum Gasteiger partial charge on any atom is 0.242 e. The molecule has 2 aliphatic rings. The number of carbonyl (C=O) groups excluding carboxylic acids is 2. The van der Waals surface area contributed by atoms with Crippen LogP contribution in [0.5, 0.6) is 0 Å². The van der Waals surface area contributed by atoms with Crippen molar-refractivity contribution in [2.45, 2.75) is 43.7 Å². The van der Waals surface area contributed by atoms with Crippen LogP contribution in [0.4, 0.5) is 0 Å². The van der Waals surface area contributed by atoms with Crippen molar-refractivity contribution in [2.24, 2.45) is 5.73 Å². The molecule has 2 saturated heterocycles. The lowest BCUT2D eigenvalue weighted by molar-refractivity contribution is -0.141. The van der Waals surface area contributed by atoms with Gasteiger partial charge in [0.05, 0.1) is 12.6 Å². The molecule has 0 saturated carbocycles. The molecular weight excluding hydrogens is 278 g/mol. The number of aliphatic hydroxyl groups is 1. The van der Waals surface area contributed by atoms with Crippen molar-refractivity contribution in [3.63, 3.8) is 0 Å². The van der Waals surface area contributed by atoms with Gasteiger partial charge in [0.1, 0.15) is 10.9 Å². The minimum Gasteiger partial charge on any atom is -0.391 e. The summed E-state index contributed by atoms with van der Waals surface area (Å²) in [5, 5.41) is 9.48. The molecule has 1 unspecified atom stereocenters. The van der Waals surface area contributed by atoms with E-state index >= 15 is 0 Å². The highest BCUT2D eigenvalue weighted by Crippen LogP contribution is 2.42. The van der Waals surface area contributed by atoms with Crippen LogP contribution in [0.1, 0.15) is 26.7 Å². The van der Waals surface area contributed by atoms with Gasteiger partial charge in [-0.15, -0.1) is 11.8 Å². The molecule has 2 amide bonds. The van der Waals surface area contributed by atoms with Crippen LogP contribution in [0.2, 0.25) is 0 Å². The van der Waals surface area contributed by atoms with Gasteiger partial charge in [-0.1, -0.05) is 0 Å². The van der Waals surface area contributed by atoms with Gasteiger partial charge in [0.25, 0.3) is 0 Å². The molecule has 2 heterocycles. The van der Waals surface area contributed by atoms with Gasteiger partial charge in [0.2, 0.25) is 11.8 Å². The van der Waals surface area contributed by atoms with Crippen molar-refractivity contribution in [2.75, 3.05) is 25.4 Å². The average Bonchev–Trinajstić information content (AvgIpc) is 2.80. The fraction of sp³-hybridized carbons (Fsp3) is 0.846. The topological polar surface area (TPSA) is 86.9 Å². The van der Waals surface area contributed by atoms with Gasteiger partial charge in [0.15, 0.2) is 0 Å². The lowest BCUT2D eigenvalue weighted by atomic mass is 10.0. The van der Waals surface area contributed by atoms with E-state index in [0.29, 0.717) is 13.1 Å². The lowest BCUT2D eigenvalue weighted by Gasteiger charge is -2.45. The van der Waals surface area contributed by atoms with E-state index in [9.17, 15) is 14.7 Å². The molecule has 2 fully saturated rings. The summed E-state index contributed by atoms with van der Waals surface area (Å²) in [6.07, 6.45) is 0.903. The van der Waals surface area contributed by atoms with Crippen molar-refractivity contribution in [1.29, 1.82) is 0 Å². The number of likely N-dealkylation sites (tertiary alicyclic amines) is 1. The molecule has 3 atom stereocenters. The second-order valence-electron chi connectivity index (χ2n) is 5.60. The third-order valence-electron chi connectivity index (χ3n) is 4.11. The van der Waals surface area contributed by atoms with Crippen LogP contribution in [0, 0.1) is 0 Å². The molecule has 3 N–H and O–H groups in total. The summed E-state index contributed by atoms with van der Waals surface area (Å²) in [5.41, 5.74) is 5.74. The predicted octanol–water partition coefficient (Wildman–Crippen LogP) is -0.391. The largest absolute Gasteiger partial charge is 0.391 e. The Bertz CT molecular complexity index is 404. The summed E-state index contributed by atoms with van der Waals surface area (Å²) in [6.45, 7) is 5.00. The molecule has 114 valence electrons. The number of hydrogen-bond acceptors (Lipinski definition) is 5. The van der Waals surface area contributed by atoms with E-state index in [1.54, 1.807) is 23.6 Å². The van der Waals surface area contributed by atoms with Crippen molar-refractivity contribution in [1.82, 2.24) is 9.80 Å². The summed E-state index contributed by atoms with van der Waals surface area (Å²) in [5.74, 6) is 0.739. The van der Waals surface area contributed by atoms with Crippen molar-refractivity contribution >= 4 is 23.6 Å². The summed E-state index contributed by atoms with van der Waals surface area (Å²) >= 11 is 1.75. The Balaban J connectivity index is 2.12. The second-order valence-corrected chi connectivity index (χ2v) is 7.05. The molecule has 0 aromatic carbocycles. The van der Waals surface area contributed by atoms with E-state index in [0.717, 1.165) is 25.1 Å². The molecular formula is C13H23N3O3S. The zero-order valence-electron chi connectivity index (χ0n) is 12.0. The molecule has 0 radical (unpaired) electrons. The molecule has 0 bridgehead atoms. The van der Waals surface area contributed by atoms with Crippen molar-refractivity contribution in [3.05, 3.63) is 0 Å². The molecule has 0 aliphatic carbocycles. The number of aliphatic hydroxyl groups excluding tert-OH is 1. The van der Waals surface area contributed by atoms with Gasteiger partial charge in [-0.3, -0.25) is 9.59 Å². The van der Waals surface area contributed by atoms with Crippen molar-refractivity contribution in [3.8, 4) is 0 Å². The van der Waals surface area contributed by atoms with Crippen LogP contribution in [0.15, 0.2) is 0 Å². The number of rotatable bonds is 2. The maximum atomic E-state index is 12.3. The third kappa shape index (κ3) is 2.80. The molecule has 1 spiro atoms. The standard InChI is InChI=1S/C13H23N3O3S/c1-9(17)11(14)12(19)15-5-3-4-13(8-15)16(10(2)18)6-7-20-13/h9,11,17H,3-8,14H2,1-2H3/t9-,11+,13?/m1/s1. The molecule has 0 aromatic rings. The van der Waals surface area contributed by atoms with Crippen LogP contribution in [0.3, 0.4) is 0 Å². The van der Waals surface area contributed by atoms with Gasteiger partial charge >= 0.3 is 0 Å². The second kappa shape index (κ2) is 5.91. The summed E-state index contributed by atoms with van der Waals surface area (Å²) in [6, 6.07) is -0.887. The fourth-order valence-corrected chi connectivity index (χ4v) is 4.56. The number of piperidine rings is 1. The Kier molecular flexibility index (Phi) is 4.61. The lowest BCUT2D eigenvalue weighted by Crippen LogP contribution is -2.60. The first-order chi connectivity index (χ1) is 9.37. The Morgan fingerprint density at radius 1 is 1.40 bits per heavy atom. The van der Waals surface area contributed by atoms with Crippen LogP contribution >= 0.6 is 11.8 Å². The number of carbonyl (C=O) groups is 2. The Labute approximate surface area is 123 Å². The predicted molar refractivity (Wildman–Crippen MR) is 78.0 cm³/mol. The minimum absolute atomic E-state index is 0.0594. The van der Waals surface area contributed by atoms with E-state index in [-0.39, 0.29) is 16.7 Å². The molecule has 6 nitrogen and oxygen atoms in total. The van der Waals surface area contributed by atoms with E-state index in [1.807, 2.05) is 4.90 Å². The summed E-state index contributed by atoms with van der Waals surface area (Å²) < 4.78 is 0. The highest BCUT2D eigenvalue weighted by molar-refractivity contribution is 8.00. The summed E-state index contributed by atoms with van der Waals surface area (Å²) in [7, 11) is 0. The smallest absolute Gasteiger partial charge is 0.242 e. The first-order valence-electron chi connectivity index (χ1n) is 7.02. The first-order valence-corrected chi connectivity index (χ1v) is 8.00. The summed E-state index contributed by atoms with van der Waals surface area (Å²) in [4.78, 5) is 27.4. The van der Waals surface area contributed by atoms with Gasteiger partial charge in [-0.2, -0.15) is 0 Å². The van der Waals surface area contributed by atoms with E-state index in [2.05, 4.69) is 0 Å². The number of amides is 2. The van der Waals surface area contributed by atoms with Gasteiger partial charge in [-0.05, 0) is 19.8 Å². The zero-order valence-corrected chi connectivity index (χ0v) is 12.9. The SMILES string of the molecule is CC(=O)N1CCSC12CCCN(C(=O)[C@@H](N)[C@@H](C)O)C2. The van der Waals surface area contributed by atoms with Crippen LogP contribution < -0.4 is 5.73 Å². The highest BCUT2D eigenvalue weighted by Gasteiger charge is 2.47. The maximum absolute atomic E-state index is 12.3. The molecule has 2 rings (SSSR count). The van der Waals surface area contributed by atoms with Gasteiger partial charge in [0, 0.05) is 25.8 Å². The van der Waals surface area contributed by atoms with E-state index in [1.165, 1.54) is 6.92 Å². The first kappa shape index (κ1) is 15.6. The zero-order chi connectivity index (χ0) is 14.9. The monoisotopic (exact) mass is 301 g/mol. The minimum atomic E-state index is -0.887. The van der Waals surface area contributed by atoms with Gasteiger partial charge in [-0.25, -0.2) is 0 Å². The average molecular weight is 301 g/mol. The number of nitrogens with two attached hydrogens (primary N) is 1. The van der Waals surface area contributed by atoms with Crippen LogP contribution in [-0.4, -0.2) is 69.1 Å². The molecule has 7 heteroatoms. The Morgan fingerprint density at radius 3 is 2.70 bits per heavy atom. The molecule has 0 aromatic heterocycles. The van der Waals surface area contributed by atoms with Crippen molar-refractivity contribution < 1.29 is 14.7 Å². The van der Waals surface area contributed by atoms with Crippen LogP contribution in [0.25, 0.3) is 0 Å². The Hall–Kier alpha value is -0.790. The number of nitrogens with zero attached hydrogens (tertiary/aromatic N) is 2. The number of hydrogen-bond donors (Lipinski definition) is 2. The van der Waals surface area contributed by atoms with Crippen LogP contribution in [-0.2, 0) is 9.59 Å². The van der Waals surface area contributed by atoms with E-state index in [4.69, 9.17) is 5.73 Å². The molecule has 2 aliphatic heterocycles. The quantitative estimate of drug-likeness (QED) is 0.725. The van der Waals surface area contributed by atoms with Gasteiger partial charge < -0.3 is 20.6 Å².